The number of halogens is 2. The van der Waals surface area contributed by atoms with E-state index in [0.717, 1.165) is 6.92 Å². The van der Waals surface area contributed by atoms with Crippen molar-refractivity contribution in [3.05, 3.63) is 41.7 Å². The minimum absolute atomic E-state index is 0.0619. The minimum atomic E-state index is -3.00. The zero-order chi connectivity index (χ0) is 20.7. The van der Waals surface area contributed by atoms with Gasteiger partial charge in [-0.25, -0.2) is 18.7 Å². The van der Waals surface area contributed by atoms with Crippen molar-refractivity contribution in [2.45, 2.75) is 26.3 Å². The average molecular weight is 394 g/mol. The van der Waals surface area contributed by atoms with Gasteiger partial charge in [-0.1, -0.05) is 0 Å². The number of hydrogen-bond donors (Lipinski definition) is 2. The van der Waals surface area contributed by atoms with E-state index in [-0.39, 0.29) is 35.8 Å². The highest BCUT2D eigenvalue weighted by molar-refractivity contribution is 5.96. The number of carbonyl (C=O) groups is 2. The summed E-state index contributed by atoms with van der Waals surface area (Å²) in [5.41, 5.74) is 0.890. The molecule has 0 bridgehead atoms. The fourth-order valence-electron chi connectivity index (χ4n) is 2.12. The molecule has 0 saturated heterocycles. The van der Waals surface area contributed by atoms with E-state index in [1.807, 2.05) is 0 Å². The van der Waals surface area contributed by atoms with Gasteiger partial charge in [-0.05, 0) is 23.8 Å². The number of ether oxygens (including phenoxy) is 2. The van der Waals surface area contributed by atoms with Gasteiger partial charge in [-0.3, -0.25) is 9.59 Å². The van der Waals surface area contributed by atoms with Gasteiger partial charge in [0, 0.05) is 38.3 Å². The van der Waals surface area contributed by atoms with Crippen LogP contribution in [0.2, 0.25) is 0 Å². The summed E-state index contributed by atoms with van der Waals surface area (Å²) in [6.07, 6.45) is 2.79. The van der Waals surface area contributed by atoms with Crippen LogP contribution < -0.4 is 20.1 Å². The zero-order valence-corrected chi connectivity index (χ0v) is 15.6. The third kappa shape index (κ3) is 6.45. The van der Waals surface area contributed by atoms with Crippen LogP contribution in [0.5, 0.6) is 11.6 Å². The van der Waals surface area contributed by atoms with E-state index >= 15 is 0 Å². The third-order valence-corrected chi connectivity index (χ3v) is 3.34. The van der Waals surface area contributed by atoms with Crippen molar-refractivity contribution in [2.24, 2.45) is 0 Å². The lowest BCUT2D eigenvalue weighted by molar-refractivity contribution is -0.114. The van der Waals surface area contributed by atoms with Crippen molar-refractivity contribution in [3.63, 3.8) is 0 Å². The second-order valence-corrected chi connectivity index (χ2v) is 6.00. The summed E-state index contributed by atoms with van der Waals surface area (Å²) >= 11 is 0. The lowest BCUT2D eigenvalue weighted by Crippen LogP contribution is -2.23. The molecule has 150 valence electrons. The summed E-state index contributed by atoms with van der Waals surface area (Å²) in [4.78, 5) is 31.3. The van der Waals surface area contributed by atoms with Crippen LogP contribution in [0, 0.1) is 0 Å². The number of rotatable bonds is 8. The van der Waals surface area contributed by atoms with Gasteiger partial charge in [-0.15, -0.1) is 0 Å². The highest BCUT2D eigenvalue weighted by Gasteiger charge is 2.23. The molecule has 10 heteroatoms. The Morgan fingerprint density at radius 1 is 1.25 bits per heavy atom. The molecule has 2 aromatic heterocycles. The predicted molar refractivity (Wildman–Crippen MR) is 96.6 cm³/mol. The molecular formula is C18H20F2N4O4. The average Bonchev–Trinajstić information content (AvgIpc) is 2.63. The second kappa shape index (κ2) is 9.07. The quantitative estimate of drug-likeness (QED) is 0.713. The molecule has 2 amide bonds. The van der Waals surface area contributed by atoms with Gasteiger partial charge >= 0.3 is 0 Å². The number of carbonyl (C=O) groups excluding carboxylic acids is 2. The molecule has 2 N–H and O–H groups in total. The number of alkyl halides is 2. The largest absolute Gasteiger partial charge is 0.491 e. The van der Waals surface area contributed by atoms with Crippen LogP contribution in [0.1, 0.15) is 29.8 Å². The second-order valence-electron chi connectivity index (χ2n) is 6.00. The molecule has 2 aromatic rings. The first-order chi connectivity index (χ1) is 13.2. The molecule has 0 aliphatic heterocycles. The Bertz CT molecular complexity index is 856. The maximum atomic E-state index is 12.9. The normalized spacial score (nSPS) is 10.9. The molecule has 0 fully saturated rings. The first-order valence-electron chi connectivity index (χ1n) is 8.23. The van der Waals surface area contributed by atoms with Gasteiger partial charge in [0.15, 0.2) is 12.4 Å². The Morgan fingerprint density at radius 3 is 2.64 bits per heavy atom. The lowest BCUT2D eigenvalue weighted by atomic mass is 10.2. The first-order valence-corrected chi connectivity index (χ1v) is 8.23. The fourth-order valence-corrected chi connectivity index (χ4v) is 2.12. The lowest BCUT2D eigenvalue weighted by Gasteiger charge is -2.14. The highest BCUT2D eigenvalue weighted by atomic mass is 19.3. The summed E-state index contributed by atoms with van der Waals surface area (Å²) in [7, 11) is 1.36. The van der Waals surface area contributed by atoms with Gasteiger partial charge in [-0.2, -0.15) is 0 Å². The molecule has 0 aliphatic rings. The molecule has 0 unspecified atom stereocenters. The maximum Gasteiger partial charge on any atom is 0.278 e. The fraction of sp³-hybridized carbons (Fsp3) is 0.333. The Hall–Kier alpha value is -3.30. The standard InChI is InChI=1S/C18H20F2N4O4/c1-11(25)24-15-7-13(4-5-21-15)16(26)22-8-12-6-14(27-3)17(23-9-12)28-10-18(2,19)20/h4-7,9H,8,10H2,1-3H3,(H,22,26)(H,21,24,25). The summed E-state index contributed by atoms with van der Waals surface area (Å²) in [5.74, 6) is -3.32. The van der Waals surface area contributed by atoms with Crippen LogP contribution in [-0.4, -0.2) is 41.4 Å². The molecule has 0 radical (unpaired) electrons. The van der Waals surface area contributed by atoms with Crippen molar-refractivity contribution in [1.29, 1.82) is 0 Å². The maximum absolute atomic E-state index is 12.9. The Labute approximate surface area is 160 Å². The van der Waals surface area contributed by atoms with E-state index < -0.39 is 12.5 Å². The van der Waals surface area contributed by atoms with Gasteiger partial charge in [0.2, 0.25) is 5.91 Å². The Balaban J connectivity index is 2.02. The number of pyridine rings is 2. The van der Waals surface area contributed by atoms with E-state index in [0.29, 0.717) is 11.1 Å². The summed E-state index contributed by atoms with van der Waals surface area (Å²) in [6, 6.07) is 4.48. The van der Waals surface area contributed by atoms with Crippen LogP contribution in [0.4, 0.5) is 14.6 Å². The van der Waals surface area contributed by atoms with E-state index in [4.69, 9.17) is 9.47 Å². The molecule has 2 heterocycles. The number of methoxy groups -OCH3 is 1. The van der Waals surface area contributed by atoms with Crippen LogP contribution in [0.3, 0.4) is 0 Å². The summed E-state index contributed by atoms with van der Waals surface area (Å²) in [6.45, 7) is 1.36. The van der Waals surface area contributed by atoms with Crippen LogP contribution in [-0.2, 0) is 11.3 Å². The molecule has 0 atom stereocenters. The number of hydrogen-bond acceptors (Lipinski definition) is 6. The van der Waals surface area contributed by atoms with E-state index in [2.05, 4.69) is 20.6 Å². The SMILES string of the molecule is COc1cc(CNC(=O)c2ccnc(NC(C)=O)c2)cnc1OCC(C)(F)F. The topological polar surface area (TPSA) is 102 Å². The molecule has 2 rings (SSSR count). The van der Waals surface area contributed by atoms with Crippen molar-refractivity contribution < 1.29 is 27.8 Å². The van der Waals surface area contributed by atoms with Gasteiger partial charge in [0.1, 0.15) is 5.82 Å². The van der Waals surface area contributed by atoms with Crippen LogP contribution in [0.25, 0.3) is 0 Å². The summed E-state index contributed by atoms with van der Waals surface area (Å²) < 4.78 is 35.9. The number of nitrogens with one attached hydrogen (secondary N) is 2. The van der Waals surface area contributed by atoms with Crippen molar-refractivity contribution in [1.82, 2.24) is 15.3 Å². The van der Waals surface area contributed by atoms with Crippen molar-refractivity contribution in [3.8, 4) is 11.6 Å². The van der Waals surface area contributed by atoms with E-state index in [1.54, 1.807) is 0 Å². The summed E-state index contributed by atoms with van der Waals surface area (Å²) in [5, 5.41) is 5.18. The number of nitrogens with zero attached hydrogens (tertiary/aromatic N) is 2. The zero-order valence-electron chi connectivity index (χ0n) is 15.6. The van der Waals surface area contributed by atoms with Gasteiger partial charge in [0.05, 0.1) is 7.11 Å². The van der Waals surface area contributed by atoms with E-state index in [1.165, 1.54) is 44.6 Å². The van der Waals surface area contributed by atoms with E-state index in [9.17, 15) is 18.4 Å². The van der Waals surface area contributed by atoms with Gasteiger partial charge < -0.3 is 20.1 Å². The van der Waals surface area contributed by atoms with Crippen LogP contribution >= 0.6 is 0 Å². The smallest absolute Gasteiger partial charge is 0.278 e. The molecule has 0 aromatic carbocycles. The number of anilines is 1. The molecule has 8 nitrogen and oxygen atoms in total. The van der Waals surface area contributed by atoms with Crippen molar-refractivity contribution >= 4 is 17.6 Å². The van der Waals surface area contributed by atoms with Crippen LogP contribution in [0.15, 0.2) is 30.6 Å². The number of amides is 2. The Morgan fingerprint density at radius 2 is 2.00 bits per heavy atom. The minimum Gasteiger partial charge on any atom is -0.491 e. The molecule has 0 aliphatic carbocycles. The molecule has 0 saturated carbocycles. The third-order valence-electron chi connectivity index (χ3n) is 3.34. The van der Waals surface area contributed by atoms with Crippen molar-refractivity contribution in [2.75, 3.05) is 19.0 Å². The first kappa shape index (κ1) is 21.0. The number of aromatic nitrogens is 2. The monoisotopic (exact) mass is 394 g/mol. The molecule has 28 heavy (non-hydrogen) atoms. The Kier molecular flexibility index (Phi) is 6.80. The molecule has 0 spiro atoms. The van der Waals surface area contributed by atoms with Gasteiger partial charge in [0.25, 0.3) is 17.7 Å². The molecular weight excluding hydrogens is 374 g/mol. The highest BCUT2D eigenvalue weighted by Crippen LogP contribution is 2.26. The predicted octanol–water partition coefficient (Wildman–Crippen LogP) is 2.41.